The zero-order valence-corrected chi connectivity index (χ0v) is 31.9. The van der Waals surface area contributed by atoms with Gasteiger partial charge in [-0.25, -0.2) is 0 Å². The number of benzene rings is 5. The molecule has 5 aromatic carbocycles. The van der Waals surface area contributed by atoms with Crippen LogP contribution in [0.4, 0.5) is 22.7 Å². The molecule has 2 aliphatic heterocycles. The molecule has 2 heteroatoms. The number of hydrogen-bond acceptors (Lipinski definition) is 2. The molecule has 0 spiro atoms. The van der Waals surface area contributed by atoms with Gasteiger partial charge in [0.05, 0.1) is 5.69 Å². The van der Waals surface area contributed by atoms with Crippen molar-refractivity contribution in [2.24, 2.45) is 5.92 Å². The van der Waals surface area contributed by atoms with Crippen LogP contribution in [0.1, 0.15) is 85.4 Å². The first kappa shape index (κ1) is 33.0. The van der Waals surface area contributed by atoms with E-state index in [2.05, 4.69) is 195 Å². The first-order valence-electron chi connectivity index (χ1n) is 19.9. The molecule has 0 bridgehead atoms. The molecule has 5 aromatic rings. The Morgan fingerprint density at radius 3 is 2.00 bits per heavy atom. The van der Waals surface area contributed by atoms with E-state index in [1.54, 1.807) is 5.57 Å². The third-order valence-corrected chi connectivity index (χ3v) is 13.1. The van der Waals surface area contributed by atoms with E-state index in [1.807, 2.05) is 0 Å². The fraction of sp³-hybridized carbons (Fsp3) is 0.231. The Labute approximate surface area is 321 Å². The minimum atomic E-state index is -0.00452. The van der Waals surface area contributed by atoms with E-state index in [9.17, 15) is 0 Å². The van der Waals surface area contributed by atoms with Gasteiger partial charge in [-0.1, -0.05) is 143 Å². The second-order valence-corrected chi connectivity index (χ2v) is 16.9. The lowest BCUT2D eigenvalue weighted by Gasteiger charge is -2.45. The van der Waals surface area contributed by atoms with Crippen LogP contribution in [0, 0.1) is 5.92 Å². The molecule has 0 amide bonds. The number of fused-ring (bicyclic) bond motifs is 6. The van der Waals surface area contributed by atoms with Crippen LogP contribution in [0.5, 0.6) is 0 Å². The number of hydrogen-bond donors (Lipinski definition) is 0. The molecule has 266 valence electrons. The third kappa shape index (κ3) is 5.14. The SMILES string of the molecule is CC1(C)C2=C(C=CCC2)N(C2=CC3C(C=C2)c2ccc(/C=C/c4ccc(N5c6ccccc6CCc6ccccc65)cc4)cc2C3(C)C)c2ccccc21. The summed E-state index contributed by atoms with van der Waals surface area (Å²) < 4.78 is 0. The van der Waals surface area contributed by atoms with Crippen LogP contribution in [0.15, 0.2) is 163 Å². The molecule has 2 atom stereocenters. The summed E-state index contributed by atoms with van der Waals surface area (Å²) in [6.07, 6.45) is 21.1. The maximum absolute atomic E-state index is 2.59. The maximum atomic E-state index is 2.59. The minimum absolute atomic E-state index is 0.00452. The van der Waals surface area contributed by atoms with Crippen molar-refractivity contribution < 1.29 is 0 Å². The highest BCUT2D eigenvalue weighted by Crippen LogP contribution is 2.56. The van der Waals surface area contributed by atoms with E-state index >= 15 is 0 Å². The van der Waals surface area contributed by atoms with Crippen molar-refractivity contribution in [3.05, 3.63) is 202 Å². The van der Waals surface area contributed by atoms with Gasteiger partial charge in [0.2, 0.25) is 0 Å². The lowest BCUT2D eigenvalue weighted by Crippen LogP contribution is -2.37. The van der Waals surface area contributed by atoms with Crippen LogP contribution in [0.3, 0.4) is 0 Å². The number of anilines is 4. The summed E-state index contributed by atoms with van der Waals surface area (Å²) in [6, 6.07) is 43.0. The average Bonchev–Trinajstić information content (AvgIpc) is 3.31. The highest BCUT2D eigenvalue weighted by Gasteiger charge is 2.46. The van der Waals surface area contributed by atoms with Crippen molar-refractivity contribution in [3.8, 4) is 0 Å². The van der Waals surface area contributed by atoms with Gasteiger partial charge in [0, 0.05) is 39.8 Å². The van der Waals surface area contributed by atoms with Gasteiger partial charge in [0.25, 0.3) is 0 Å². The molecule has 0 N–H and O–H groups in total. The molecule has 2 heterocycles. The Morgan fingerprint density at radius 1 is 0.611 bits per heavy atom. The van der Waals surface area contributed by atoms with Crippen molar-refractivity contribution in [1.29, 1.82) is 0 Å². The van der Waals surface area contributed by atoms with E-state index in [1.165, 1.54) is 73.1 Å². The van der Waals surface area contributed by atoms with Gasteiger partial charge in [0.15, 0.2) is 0 Å². The van der Waals surface area contributed by atoms with Crippen molar-refractivity contribution in [3.63, 3.8) is 0 Å². The molecular weight excluding hydrogens is 653 g/mol. The van der Waals surface area contributed by atoms with Gasteiger partial charge < -0.3 is 9.80 Å². The Bertz CT molecular complexity index is 2420. The van der Waals surface area contributed by atoms with Crippen LogP contribution in [0.2, 0.25) is 0 Å². The third-order valence-electron chi connectivity index (χ3n) is 13.1. The van der Waals surface area contributed by atoms with Crippen molar-refractivity contribution in [2.45, 2.75) is 70.1 Å². The van der Waals surface area contributed by atoms with E-state index < -0.39 is 0 Å². The van der Waals surface area contributed by atoms with Crippen LogP contribution in [0.25, 0.3) is 12.2 Å². The molecule has 10 rings (SSSR count). The average molecular weight is 701 g/mol. The fourth-order valence-corrected chi connectivity index (χ4v) is 10.2. The summed E-state index contributed by atoms with van der Waals surface area (Å²) >= 11 is 0. The zero-order chi connectivity index (χ0) is 36.6. The molecule has 2 nitrogen and oxygen atoms in total. The lowest BCUT2D eigenvalue weighted by molar-refractivity contribution is 0.392. The molecule has 0 fully saturated rings. The largest absolute Gasteiger partial charge is 0.311 e. The van der Waals surface area contributed by atoms with E-state index in [0.717, 1.165) is 25.7 Å². The summed E-state index contributed by atoms with van der Waals surface area (Å²) in [5.41, 5.74) is 18.9. The Kier molecular flexibility index (Phi) is 7.63. The van der Waals surface area contributed by atoms with Crippen molar-refractivity contribution >= 4 is 34.9 Å². The van der Waals surface area contributed by atoms with Crippen molar-refractivity contribution in [2.75, 3.05) is 9.80 Å². The second kappa shape index (κ2) is 12.5. The molecule has 0 saturated heterocycles. The Hall–Kier alpha value is -5.60. The van der Waals surface area contributed by atoms with Gasteiger partial charge in [-0.2, -0.15) is 0 Å². The van der Waals surface area contributed by atoms with E-state index in [0.29, 0.717) is 11.8 Å². The Balaban J connectivity index is 0.937. The number of para-hydroxylation sites is 3. The molecule has 2 unspecified atom stereocenters. The number of rotatable bonds is 4. The van der Waals surface area contributed by atoms with Gasteiger partial charge >= 0.3 is 0 Å². The van der Waals surface area contributed by atoms with E-state index in [4.69, 9.17) is 0 Å². The molecule has 3 aliphatic carbocycles. The van der Waals surface area contributed by atoms with Gasteiger partial charge in [-0.3, -0.25) is 0 Å². The molecule has 5 aliphatic rings. The predicted octanol–water partition coefficient (Wildman–Crippen LogP) is 13.3. The molecular formula is C52H48N2. The van der Waals surface area contributed by atoms with E-state index in [-0.39, 0.29) is 10.8 Å². The zero-order valence-electron chi connectivity index (χ0n) is 31.9. The summed E-state index contributed by atoms with van der Waals surface area (Å²) in [5.74, 6) is 0.762. The number of allylic oxidation sites excluding steroid dienone is 6. The summed E-state index contributed by atoms with van der Waals surface area (Å²) in [7, 11) is 0. The first-order valence-corrected chi connectivity index (χ1v) is 19.9. The standard InChI is InChI=1S/C52H48N2/c1-51(2)43-15-7-11-19-49(43)54(50-20-12-8-16-44(50)51)40-30-32-42-41-31-25-36(33-45(41)52(3,4)46(42)34-40)22-21-35-23-28-39(29-24-35)53-47-17-9-5-13-37(47)26-27-38-14-6-10-18-48(38)53/h5-7,9-15,17-25,28-34,42,46H,8,16,26-27H2,1-4H3/b22-21+. The van der Waals surface area contributed by atoms with Gasteiger partial charge in [0.1, 0.15) is 0 Å². The molecule has 0 aromatic heterocycles. The molecule has 0 saturated carbocycles. The van der Waals surface area contributed by atoms with Crippen LogP contribution >= 0.6 is 0 Å². The van der Waals surface area contributed by atoms with Crippen LogP contribution in [-0.4, -0.2) is 0 Å². The highest BCUT2D eigenvalue weighted by atomic mass is 15.2. The normalized spacial score (nSPS) is 21.4. The topological polar surface area (TPSA) is 6.48 Å². The summed E-state index contributed by atoms with van der Waals surface area (Å²) in [5, 5.41) is 0. The van der Waals surface area contributed by atoms with Gasteiger partial charge in [-0.15, -0.1) is 0 Å². The predicted molar refractivity (Wildman–Crippen MR) is 228 cm³/mol. The molecule has 54 heavy (non-hydrogen) atoms. The quantitative estimate of drug-likeness (QED) is 0.172. The maximum Gasteiger partial charge on any atom is 0.0502 e. The summed E-state index contributed by atoms with van der Waals surface area (Å²) in [6.45, 7) is 9.72. The Morgan fingerprint density at radius 2 is 1.26 bits per heavy atom. The number of nitrogens with zero attached hydrogens (tertiary/aromatic N) is 2. The monoisotopic (exact) mass is 700 g/mol. The lowest BCUT2D eigenvalue weighted by atomic mass is 9.70. The van der Waals surface area contributed by atoms with Crippen LogP contribution < -0.4 is 9.80 Å². The number of aryl methyl sites for hydroxylation is 2. The fourth-order valence-electron chi connectivity index (χ4n) is 10.2. The highest BCUT2D eigenvalue weighted by molar-refractivity contribution is 5.82. The second-order valence-electron chi connectivity index (χ2n) is 16.9. The van der Waals surface area contributed by atoms with Crippen molar-refractivity contribution in [1.82, 2.24) is 0 Å². The summed E-state index contributed by atoms with van der Waals surface area (Å²) in [4.78, 5) is 5.00. The first-order chi connectivity index (χ1) is 26.3. The van der Waals surface area contributed by atoms with Gasteiger partial charge in [-0.05, 0) is 124 Å². The smallest absolute Gasteiger partial charge is 0.0502 e. The minimum Gasteiger partial charge on any atom is -0.311 e. The van der Waals surface area contributed by atoms with Crippen LogP contribution in [-0.2, 0) is 23.7 Å². The molecule has 0 radical (unpaired) electrons.